The summed E-state index contributed by atoms with van der Waals surface area (Å²) in [7, 11) is -4.75. The van der Waals surface area contributed by atoms with E-state index in [4.69, 9.17) is 19.3 Å². The van der Waals surface area contributed by atoms with Crippen LogP contribution < -0.4 is 0 Å². The summed E-state index contributed by atoms with van der Waals surface area (Å²) >= 11 is 0. The van der Waals surface area contributed by atoms with Gasteiger partial charge in [-0.1, -0.05) is 147 Å². The lowest BCUT2D eigenvalue weighted by Gasteiger charge is -2.18. The average molecular weight is 713 g/mol. The van der Waals surface area contributed by atoms with Crippen LogP contribution in [0.4, 0.5) is 0 Å². The Hall–Kier alpha value is -1.73. The number of esters is 2. The second-order valence-corrected chi connectivity index (χ2v) is 14.5. The van der Waals surface area contributed by atoms with Crippen molar-refractivity contribution in [3.05, 3.63) is 36.5 Å². The lowest BCUT2D eigenvalue weighted by atomic mass is 10.1. The summed E-state index contributed by atoms with van der Waals surface area (Å²) in [6.45, 7) is 3.62. The van der Waals surface area contributed by atoms with Gasteiger partial charge in [-0.05, 0) is 64.2 Å². The molecule has 0 aromatic rings. The molecule has 0 spiro atoms. The Bertz CT molecular complexity index is 895. The van der Waals surface area contributed by atoms with Gasteiger partial charge < -0.3 is 19.3 Å². The van der Waals surface area contributed by atoms with Gasteiger partial charge in [0.05, 0.1) is 6.61 Å². The number of hydrogen-bond acceptors (Lipinski definition) is 6. The number of rotatable bonds is 36. The zero-order valence-corrected chi connectivity index (χ0v) is 32.2. The molecule has 8 nitrogen and oxygen atoms in total. The third-order valence-electron chi connectivity index (χ3n) is 8.38. The number of phosphoric acid groups is 1. The van der Waals surface area contributed by atoms with Gasteiger partial charge in [0.1, 0.15) is 6.61 Å². The minimum Gasteiger partial charge on any atom is -0.462 e. The van der Waals surface area contributed by atoms with Crippen LogP contribution in [0.2, 0.25) is 0 Å². The highest BCUT2D eigenvalue weighted by atomic mass is 31.2. The molecule has 0 aromatic carbocycles. The van der Waals surface area contributed by atoms with E-state index in [9.17, 15) is 14.2 Å². The van der Waals surface area contributed by atoms with Crippen LogP contribution >= 0.6 is 7.82 Å². The highest BCUT2D eigenvalue weighted by Gasteiger charge is 2.22. The number of carbonyl (C=O) groups excluding carboxylic acids is 2. The first-order valence-electron chi connectivity index (χ1n) is 19.8. The quantitative estimate of drug-likeness (QED) is 0.0285. The molecule has 49 heavy (non-hydrogen) atoms. The molecule has 0 aliphatic rings. The number of allylic oxidation sites excluding steroid dienone is 6. The van der Waals surface area contributed by atoms with Crippen molar-refractivity contribution in [2.24, 2.45) is 0 Å². The molecule has 1 atom stereocenters. The zero-order chi connectivity index (χ0) is 36.1. The van der Waals surface area contributed by atoms with E-state index in [0.29, 0.717) is 6.42 Å². The van der Waals surface area contributed by atoms with E-state index in [1.165, 1.54) is 77.0 Å². The lowest BCUT2D eigenvalue weighted by Crippen LogP contribution is -2.29. The smallest absolute Gasteiger partial charge is 0.462 e. The van der Waals surface area contributed by atoms with Crippen LogP contribution in [-0.4, -0.2) is 41.0 Å². The standard InChI is InChI=1S/C40H73O8P/c1-3-5-7-9-11-13-15-17-19-20-21-23-24-26-28-30-32-34-39(41)46-36-38(37-47-49(43,44)45)48-40(42)35-33-31-29-27-25-22-18-16-14-12-10-8-6-4-2/h10,12,16-19,38H,3-9,11,13-15,20-37H2,1-2H3,(H2,43,44,45)/b12-10-,18-16-,19-17-. The molecule has 1 unspecified atom stereocenters. The molecular weight excluding hydrogens is 639 g/mol. The molecule has 0 fully saturated rings. The first-order valence-corrected chi connectivity index (χ1v) is 21.3. The van der Waals surface area contributed by atoms with Gasteiger partial charge in [-0.2, -0.15) is 0 Å². The molecule has 0 aromatic heterocycles. The third kappa shape index (κ3) is 38.9. The predicted octanol–water partition coefficient (Wildman–Crippen LogP) is 11.8. The average Bonchev–Trinajstić information content (AvgIpc) is 3.07. The number of hydrogen-bond donors (Lipinski definition) is 2. The molecule has 0 saturated carbocycles. The molecule has 0 rings (SSSR count). The summed E-state index contributed by atoms with van der Waals surface area (Å²) in [5.74, 6) is -0.905. The molecule has 0 aliphatic carbocycles. The van der Waals surface area contributed by atoms with Crippen LogP contribution in [-0.2, 0) is 28.2 Å². The zero-order valence-electron chi connectivity index (χ0n) is 31.3. The minimum absolute atomic E-state index is 0.195. The molecule has 0 amide bonds. The van der Waals surface area contributed by atoms with Crippen LogP contribution in [0, 0.1) is 0 Å². The number of ether oxygens (including phenoxy) is 2. The lowest BCUT2D eigenvalue weighted by molar-refractivity contribution is -0.161. The Morgan fingerprint density at radius 3 is 1.43 bits per heavy atom. The molecular formula is C40H73O8P. The van der Waals surface area contributed by atoms with E-state index in [1.807, 2.05) is 0 Å². The van der Waals surface area contributed by atoms with Gasteiger partial charge in [0.2, 0.25) is 0 Å². The van der Waals surface area contributed by atoms with Crippen LogP contribution in [0.3, 0.4) is 0 Å². The first kappa shape index (κ1) is 47.3. The summed E-state index contributed by atoms with van der Waals surface area (Å²) in [5.41, 5.74) is 0. The Morgan fingerprint density at radius 1 is 0.531 bits per heavy atom. The summed E-state index contributed by atoms with van der Waals surface area (Å²) in [6, 6.07) is 0. The van der Waals surface area contributed by atoms with E-state index in [0.717, 1.165) is 77.0 Å². The van der Waals surface area contributed by atoms with E-state index in [-0.39, 0.29) is 19.4 Å². The van der Waals surface area contributed by atoms with Gasteiger partial charge in [0.15, 0.2) is 6.10 Å². The van der Waals surface area contributed by atoms with Crippen molar-refractivity contribution in [3.63, 3.8) is 0 Å². The predicted molar refractivity (Wildman–Crippen MR) is 202 cm³/mol. The van der Waals surface area contributed by atoms with Gasteiger partial charge in [-0.3, -0.25) is 14.1 Å². The van der Waals surface area contributed by atoms with E-state index < -0.39 is 32.5 Å². The maximum atomic E-state index is 12.4. The number of phosphoric ester groups is 1. The topological polar surface area (TPSA) is 119 Å². The highest BCUT2D eigenvalue weighted by Crippen LogP contribution is 2.36. The molecule has 9 heteroatoms. The molecule has 0 saturated heterocycles. The van der Waals surface area contributed by atoms with E-state index in [1.54, 1.807) is 0 Å². The van der Waals surface area contributed by atoms with Crippen LogP contribution in [0.1, 0.15) is 187 Å². The van der Waals surface area contributed by atoms with Crippen molar-refractivity contribution in [2.75, 3.05) is 13.2 Å². The summed E-state index contributed by atoms with van der Waals surface area (Å²) in [5, 5.41) is 0. The van der Waals surface area contributed by atoms with Gasteiger partial charge in [0, 0.05) is 12.8 Å². The highest BCUT2D eigenvalue weighted by molar-refractivity contribution is 7.46. The largest absolute Gasteiger partial charge is 0.469 e. The van der Waals surface area contributed by atoms with Crippen molar-refractivity contribution in [1.29, 1.82) is 0 Å². The molecule has 2 N–H and O–H groups in total. The Balaban J connectivity index is 3.96. The fraction of sp³-hybridized carbons (Fsp3) is 0.800. The van der Waals surface area contributed by atoms with Gasteiger partial charge in [-0.15, -0.1) is 0 Å². The molecule has 0 aliphatic heterocycles. The van der Waals surface area contributed by atoms with Crippen LogP contribution in [0.5, 0.6) is 0 Å². The third-order valence-corrected chi connectivity index (χ3v) is 8.87. The van der Waals surface area contributed by atoms with Crippen molar-refractivity contribution >= 4 is 19.8 Å². The van der Waals surface area contributed by atoms with E-state index >= 15 is 0 Å². The van der Waals surface area contributed by atoms with Crippen molar-refractivity contribution in [2.45, 2.75) is 193 Å². The van der Waals surface area contributed by atoms with Gasteiger partial charge >= 0.3 is 19.8 Å². The van der Waals surface area contributed by atoms with Gasteiger partial charge in [-0.25, -0.2) is 4.57 Å². The van der Waals surface area contributed by atoms with Crippen molar-refractivity contribution in [1.82, 2.24) is 0 Å². The second kappa shape index (κ2) is 36.1. The fourth-order valence-electron chi connectivity index (χ4n) is 5.38. The first-order chi connectivity index (χ1) is 23.8. The Labute approximate surface area is 300 Å². The van der Waals surface area contributed by atoms with Crippen molar-refractivity contribution in [3.8, 4) is 0 Å². The summed E-state index contributed by atoms with van der Waals surface area (Å²) < 4.78 is 26.3. The monoisotopic (exact) mass is 713 g/mol. The fourth-order valence-corrected chi connectivity index (χ4v) is 5.74. The molecule has 0 heterocycles. The van der Waals surface area contributed by atoms with Crippen LogP contribution in [0.25, 0.3) is 0 Å². The van der Waals surface area contributed by atoms with Crippen LogP contribution in [0.15, 0.2) is 36.5 Å². The second-order valence-electron chi connectivity index (χ2n) is 13.2. The number of unbranched alkanes of at least 4 members (excludes halogenated alkanes) is 20. The maximum Gasteiger partial charge on any atom is 0.469 e. The molecule has 0 bridgehead atoms. The number of carbonyl (C=O) groups is 2. The Kier molecular flexibility index (Phi) is 34.8. The summed E-state index contributed by atoms with van der Waals surface area (Å²) in [4.78, 5) is 42.7. The summed E-state index contributed by atoms with van der Waals surface area (Å²) in [6.07, 6.45) is 41.5. The van der Waals surface area contributed by atoms with E-state index in [2.05, 4.69) is 54.8 Å². The Morgan fingerprint density at radius 2 is 0.939 bits per heavy atom. The van der Waals surface area contributed by atoms with Crippen molar-refractivity contribution < 1.29 is 37.9 Å². The van der Waals surface area contributed by atoms with Gasteiger partial charge in [0.25, 0.3) is 0 Å². The minimum atomic E-state index is -4.75. The molecule has 0 radical (unpaired) electrons. The maximum absolute atomic E-state index is 12.4. The normalized spacial score (nSPS) is 12.8. The molecule has 286 valence electrons. The SMILES string of the molecule is CCCC/C=C\C/C=C\CCCCCCCC(=O)OC(COC(=O)CCCCCCCCC/C=C\CCCCCCCC)COP(=O)(O)O.